The van der Waals surface area contributed by atoms with E-state index in [0.717, 1.165) is 25.7 Å². The molecule has 7 unspecified atom stereocenters. The second-order valence-electron chi connectivity index (χ2n) is 9.41. The van der Waals surface area contributed by atoms with Crippen LogP contribution < -0.4 is 0 Å². The molecule has 2 aliphatic heterocycles. The van der Waals surface area contributed by atoms with E-state index in [2.05, 4.69) is 0 Å². The molecule has 2 saturated heterocycles. The zero-order valence-electron chi connectivity index (χ0n) is 17.9. The quantitative estimate of drug-likeness (QED) is 0.326. The van der Waals surface area contributed by atoms with Crippen LogP contribution in [0, 0.1) is 23.7 Å². The monoisotopic (exact) mass is 437 g/mol. The van der Waals surface area contributed by atoms with Crippen LogP contribution in [0.5, 0.6) is 0 Å². The lowest BCUT2D eigenvalue weighted by Gasteiger charge is -2.32. The predicted molar refractivity (Wildman–Crippen MR) is 104 cm³/mol. The molecule has 3 aliphatic carbocycles. The van der Waals surface area contributed by atoms with Crippen LogP contribution in [0.2, 0.25) is 0 Å². The van der Waals surface area contributed by atoms with E-state index in [1.54, 1.807) is 6.92 Å². The molecule has 2 bridgehead atoms. The first-order chi connectivity index (χ1) is 15.0. The summed E-state index contributed by atoms with van der Waals surface area (Å²) >= 11 is 0. The van der Waals surface area contributed by atoms with Crippen molar-refractivity contribution in [2.45, 2.75) is 63.6 Å². The van der Waals surface area contributed by atoms with Gasteiger partial charge < -0.3 is 23.7 Å². The van der Waals surface area contributed by atoms with Crippen LogP contribution in [0.25, 0.3) is 0 Å². The van der Waals surface area contributed by atoms with E-state index in [9.17, 15) is 14.4 Å². The molecule has 0 spiro atoms. The summed E-state index contributed by atoms with van der Waals surface area (Å²) in [5.41, 5.74) is 0. The molecule has 3 saturated carbocycles. The van der Waals surface area contributed by atoms with E-state index in [4.69, 9.17) is 23.7 Å². The van der Waals surface area contributed by atoms with Gasteiger partial charge in [0.15, 0.2) is 6.29 Å². The summed E-state index contributed by atoms with van der Waals surface area (Å²) < 4.78 is 28.1. The van der Waals surface area contributed by atoms with Crippen LogP contribution in [0.4, 0.5) is 0 Å². The average Bonchev–Trinajstić information content (AvgIpc) is 3.48. The summed E-state index contributed by atoms with van der Waals surface area (Å²) in [5, 5.41) is 0. The highest BCUT2D eigenvalue weighted by molar-refractivity contribution is 5.86. The fourth-order valence-corrected chi connectivity index (χ4v) is 6.17. The van der Waals surface area contributed by atoms with Crippen molar-refractivity contribution in [3.05, 3.63) is 0 Å². The predicted octanol–water partition coefficient (Wildman–Crippen LogP) is 0.886. The standard InChI is InChI=1S/C22H31NO8/c1-12(28-13-4-2-3-5-13)29-21(25)17-14-10-15-18(17)22(26)31-20(15)19(14)30-16(24)11-23-6-8-27-9-7-23/h12-15,17-20H,2-11H2,1H3. The Morgan fingerprint density at radius 2 is 1.90 bits per heavy atom. The first kappa shape index (κ1) is 21.2. The van der Waals surface area contributed by atoms with Gasteiger partial charge >= 0.3 is 17.9 Å². The van der Waals surface area contributed by atoms with Crippen molar-refractivity contribution in [3.63, 3.8) is 0 Å². The van der Waals surface area contributed by atoms with Crippen LogP contribution in [0.1, 0.15) is 39.0 Å². The maximum absolute atomic E-state index is 13.0. The van der Waals surface area contributed by atoms with Crippen LogP contribution in [0.15, 0.2) is 0 Å². The smallest absolute Gasteiger partial charge is 0.320 e. The molecule has 0 aromatic rings. The van der Waals surface area contributed by atoms with Crippen LogP contribution in [-0.4, -0.2) is 80.3 Å². The molecule has 9 heteroatoms. The summed E-state index contributed by atoms with van der Waals surface area (Å²) in [7, 11) is 0. The van der Waals surface area contributed by atoms with Gasteiger partial charge in [0.1, 0.15) is 12.2 Å². The Kier molecular flexibility index (Phi) is 5.92. The topological polar surface area (TPSA) is 101 Å². The van der Waals surface area contributed by atoms with E-state index < -0.39 is 36.3 Å². The normalized spacial score (nSPS) is 38.3. The maximum atomic E-state index is 13.0. The van der Waals surface area contributed by atoms with Gasteiger partial charge in [0.2, 0.25) is 0 Å². The Balaban J connectivity index is 1.22. The minimum absolute atomic E-state index is 0.0951. The highest BCUT2D eigenvalue weighted by Gasteiger charge is 2.70. The first-order valence-corrected chi connectivity index (χ1v) is 11.6. The molecule has 0 aromatic carbocycles. The molecule has 5 rings (SSSR count). The van der Waals surface area contributed by atoms with Crippen LogP contribution in [-0.2, 0) is 38.1 Å². The second-order valence-corrected chi connectivity index (χ2v) is 9.41. The summed E-state index contributed by atoms with van der Waals surface area (Å²) in [5.74, 6) is -2.69. The van der Waals surface area contributed by atoms with E-state index in [1.165, 1.54) is 0 Å². The van der Waals surface area contributed by atoms with Crippen molar-refractivity contribution in [2.75, 3.05) is 32.8 Å². The fraction of sp³-hybridized carbons (Fsp3) is 0.864. The molecule has 9 nitrogen and oxygen atoms in total. The average molecular weight is 437 g/mol. The number of ether oxygens (including phenoxy) is 5. The Bertz CT molecular complexity index is 716. The number of esters is 3. The van der Waals surface area contributed by atoms with Gasteiger partial charge in [0.25, 0.3) is 0 Å². The lowest BCUT2D eigenvalue weighted by Crippen LogP contribution is -2.46. The van der Waals surface area contributed by atoms with Crippen molar-refractivity contribution in [2.24, 2.45) is 23.7 Å². The van der Waals surface area contributed by atoms with Crippen LogP contribution in [0.3, 0.4) is 0 Å². The van der Waals surface area contributed by atoms with Crippen molar-refractivity contribution < 1.29 is 38.1 Å². The lowest BCUT2D eigenvalue weighted by atomic mass is 9.78. The van der Waals surface area contributed by atoms with Gasteiger partial charge in [-0.2, -0.15) is 0 Å². The van der Waals surface area contributed by atoms with E-state index in [-0.39, 0.29) is 36.4 Å². The molecule has 0 radical (unpaired) electrons. The van der Waals surface area contributed by atoms with Gasteiger partial charge in [-0.1, -0.05) is 12.8 Å². The molecule has 0 amide bonds. The number of carbonyl (C=O) groups is 3. The third-order valence-electron chi connectivity index (χ3n) is 7.51. The minimum atomic E-state index is -0.662. The third-order valence-corrected chi connectivity index (χ3v) is 7.51. The zero-order chi connectivity index (χ0) is 21.5. The highest BCUT2D eigenvalue weighted by Crippen LogP contribution is 2.59. The number of morpholine rings is 1. The fourth-order valence-electron chi connectivity index (χ4n) is 6.17. The van der Waals surface area contributed by atoms with Gasteiger partial charge in [-0.3, -0.25) is 19.3 Å². The molecule has 2 heterocycles. The van der Waals surface area contributed by atoms with Gasteiger partial charge in [0, 0.05) is 24.9 Å². The van der Waals surface area contributed by atoms with Crippen molar-refractivity contribution >= 4 is 17.9 Å². The van der Waals surface area contributed by atoms with Crippen LogP contribution >= 0.6 is 0 Å². The Labute approximate surface area is 181 Å². The molecule has 0 aromatic heterocycles. The van der Waals surface area contributed by atoms with Gasteiger partial charge in [-0.25, -0.2) is 0 Å². The van der Waals surface area contributed by atoms with Gasteiger partial charge in [-0.05, 0) is 26.2 Å². The number of hydrogen-bond donors (Lipinski definition) is 0. The SMILES string of the molecule is CC(OC(=O)C1C2CC3C(OC(=O)C31)C2OC(=O)CN1CCOCC1)OC1CCCC1. The molecule has 5 aliphatic rings. The summed E-state index contributed by atoms with van der Waals surface area (Å²) in [6, 6.07) is 0. The van der Waals surface area contributed by atoms with Crippen molar-refractivity contribution in [1.29, 1.82) is 0 Å². The Morgan fingerprint density at radius 3 is 2.65 bits per heavy atom. The number of rotatable bonds is 7. The Hall–Kier alpha value is -1.71. The summed E-state index contributed by atoms with van der Waals surface area (Å²) in [6.45, 7) is 4.44. The highest BCUT2D eigenvalue weighted by atomic mass is 16.7. The van der Waals surface area contributed by atoms with E-state index in [1.807, 2.05) is 4.90 Å². The summed E-state index contributed by atoms with van der Waals surface area (Å²) in [6.07, 6.45) is 3.27. The number of carbonyl (C=O) groups excluding carboxylic acids is 3. The largest absolute Gasteiger partial charge is 0.458 e. The molecule has 0 N–H and O–H groups in total. The van der Waals surface area contributed by atoms with Gasteiger partial charge in [-0.15, -0.1) is 0 Å². The second kappa shape index (κ2) is 8.67. The third kappa shape index (κ3) is 4.07. The molecular weight excluding hydrogens is 406 g/mol. The molecule has 172 valence electrons. The van der Waals surface area contributed by atoms with Gasteiger partial charge in [0.05, 0.1) is 37.7 Å². The van der Waals surface area contributed by atoms with Crippen molar-refractivity contribution in [3.8, 4) is 0 Å². The number of fused-ring (bicyclic) bond motifs is 1. The molecular formula is C22H31NO8. The molecule has 31 heavy (non-hydrogen) atoms. The Morgan fingerprint density at radius 1 is 1.16 bits per heavy atom. The molecule has 7 atom stereocenters. The van der Waals surface area contributed by atoms with Crippen molar-refractivity contribution in [1.82, 2.24) is 4.90 Å². The van der Waals surface area contributed by atoms with E-state index in [0.29, 0.717) is 32.7 Å². The zero-order valence-corrected chi connectivity index (χ0v) is 17.9. The summed E-state index contributed by atoms with van der Waals surface area (Å²) in [4.78, 5) is 40.1. The van der Waals surface area contributed by atoms with E-state index >= 15 is 0 Å². The lowest BCUT2D eigenvalue weighted by molar-refractivity contribution is -0.194. The number of nitrogens with zero attached hydrogens (tertiary/aromatic N) is 1. The molecule has 5 fully saturated rings. The minimum Gasteiger partial charge on any atom is -0.458 e. The number of hydrogen-bond acceptors (Lipinski definition) is 9. The first-order valence-electron chi connectivity index (χ1n) is 11.6. The maximum Gasteiger partial charge on any atom is 0.320 e.